The molecule has 0 saturated carbocycles. The monoisotopic (exact) mass is 406 g/mol. The molecule has 30 heavy (non-hydrogen) atoms. The van der Waals surface area contributed by atoms with Crippen molar-refractivity contribution < 1.29 is 4.79 Å². The van der Waals surface area contributed by atoms with Gasteiger partial charge in [-0.1, -0.05) is 48.5 Å². The van der Waals surface area contributed by atoms with Crippen LogP contribution in [0.1, 0.15) is 18.4 Å². The van der Waals surface area contributed by atoms with Crippen molar-refractivity contribution in [2.24, 2.45) is 5.92 Å². The minimum atomic E-state index is 0.0191. The lowest BCUT2D eigenvalue weighted by Gasteiger charge is -2.39. The van der Waals surface area contributed by atoms with E-state index in [2.05, 4.69) is 45.4 Å². The number of nitrogens with zero attached hydrogens (tertiary/aromatic N) is 3. The first kappa shape index (κ1) is 20.9. The number of para-hydroxylation sites is 1. The molecule has 2 aliphatic rings. The zero-order valence-electron chi connectivity index (χ0n) is 17.9. The van der Waals surface area contributed by atoms with Gasteiger partial charge in [0.25, 0.3) is 0 Å². The third-order valence-corrected chi connectivity index (χ3v) is 6.36. The molecule has 2 saturated heterocycles. The lowest BCUT2D eigenvalue weighted by molar-refractivity contribution is 0.101. The molecule has 5 heteroatoms. The molecule has 0 spiro atoms. The first-order chi connectivity index (χ1) is 14.8. The van der Waals surface area contributed by atoms with Gasteiger partial charge in [0.05, 0.1) is 0 Å². The summed E-state index contributed by atoms with van der Waals surface area (Å²) in [4.78, 5) is 19.6. The second-order valence-corrected chi connectivity index (χ2v) is 8.63. The van der Waals surface area contributed by atoms with Crippen molar-refractivity contribution in [3.05, 3.63) is 66.2 Å². The van der Waals surface area contributed by atoms with Crippen LogP contribution in [0, 0.1) is 5.92 Å². The van der Waals surface area contributed by atoms with Crippen LogP contribution in [-0.4, -0.2) is 73.1 Å². The molecule has 0 bridgehead atoms. The van der Waals surface area contributed by atoms with Crippen molar-refractivity contribution in [3.8, 4) is 0 Å². The van der Waals surface area contributed by atoms with Crippen LogP contribution in [-0.2, 0) is 6.42 Å². The average Bonchev–Trinajstić information content (AvgIpc) is 2.80. The molecular weight excluding hydrogens is 372 g/mol. The molecule has 4 rings (SSSR count). The lowest BCUT2D eigenvalue weighted by Crippen LogP contribution is -2.52. The van der Waals surface area contributed by atoms with E-state index in [0.717, 1.165) is 57.3 Å². The summed E-state index contributed by atoms with van der Waals surface area (Å²) in [6.07, 6.45) is 3.78. The summed E-state index contributed by atoms with van der Waals surface area (Å²) >= 11 is 0. The van der Waals surface area contributed by atoms with Crippen LogP contribution < -0.4 is 5.32 Å². The fourth-order valence-corrected chi connectivity index (χ4v) is 4.66. The molecule has 0 radical (unpaired) electrons. The summed E-state index contributed by atoms with van der Waals surface area (Å²) < 4.78 is 0. The number of anilines is 1. The Morgan fingerprint density at radius 2 is 1.57 bits per heavy atom. The Hall–Kier alpha value is -2.37. The quantitative estimate of drug-likeness (QED) is 0.793. The van der Waals surface area contributed by atoms with Gasteiger partial charge in [0.15, 0.2) is 0 Å². The molecule has 2 aliphatic heterocycles. The number of nitrogens with one attached hydrogen (secondary N) is 1. The third kappa shape index (κ3) is 6.07. The summed E-state index contributed by atoms with van der Waals surface area (Å²) in [6.45, 7) is 8.33. The van der Waals surface area contributed by atoms with Crippen LogP contribution >= 0.6 is 0 Å². The van der Waals surface area contributed by atoms with Crippen LogP contribution in [0.2, 0.25) is 0 Å². The molecule has 160 valence electrons. The van der Waals surface area contributed by atoms with Gasteiger partial charge in [-0.2, -0.15) is 0 Å². The second-order valence-electron chi connectivity index (χ2n) is 8.63. The van der Waals surface area contributed by atoms with Gasteiger partial charge in [-0.25, -0.2) is 4.79 Å². The maximum absolute atomic E-state index is 12.5. The Labute approximate surface area is 180 Å². The Kier molecular flexibility index (Phi) is 7.38. The Morgan fingerprint density at radius 3 is 2.30 bits per heavy atom. The molecule has 5 nitrogen and oxygen atoms in total. The predicted octanol–water partition coefficient (Wildman–Crippen LogP) is 3.79. The number of carbonyl (C=O) groups is 1. The number of hydrogen-bond acceptors (Lipinski definition) is 3. The number of likely N-dealkylation sites (tertiary alicyclic amines) is 1. The predicted molar refractivity (Wildman–Crippen MR) is 123 cm³/mol. The highest BCUT2D eigenvalue weighted by molar-refractivity contribution is 5.89. The van der Waals surface area contributed by atoms with E-state index < -0.39 is 0 Å². The van der Waals surface area contributed by atoms with E-state index in [-0.39, 0.29) is 6.03 Å². The summed E-state index contributed by atoms with van der Waals surface area (Å²) in [6, 6.07) is 20.5. The molecular formula is C25H34N4O. The maximum Gasteiger partial charge on any atom is 0.321 e. The number of urea groups is 1. The molecule has 2 heterocycles. The average molecular weight is 407 g/mol. The first-order valence-corrected chi connectivity index (χ1v) is 11.4. The smallest absolute Gasteiger partial charge is 0.321 e. The fraction of sp³-hybridized carbons (Fsp3) is 0.480. The molecule has 2 amide bonds. The summed E-state index contributed by atoms with van der Waals surface area (Å²) in [5.41, 5.74) is 2.30. The van der Waals surface area contributed by atoms with Crippen LogP contribution in [0.15, 0.2) is 60.7 Å². The minimum absolute atomic E-state index is 0.0191. The summed E-state index contributed by atoms with van der Waals surface area (Å²) in [5.74, 6) is 0.749. The Balaban J connectivity index is 1.17. The van der Waals surface area contributed by atoms with Crippen molar-refractivity contribution in [1.82, 2.24) is 14.7 Å². The maximum atomic E-state index is 12.5. The standard InChI is InChI=1S/C25H34N4O/c30-25(26-24-11-5-2-6-12-24)29-18-16-28(17-19-29)21-23-10-7-14-27(20-23)15-13-22-8-3-1-4-9-22/h1-6,8-9,11-12,23H,7,10,13-21H2,(H,26,30)/t23-/m1/s1. The lowest BCUT2D eigenvalue weighted by atomic mass is 9.96. The fourth-order valence-electron chi connectivity index (χ4n) is 4.66. The molecule has 2 aromatic rings. The molecule has 1 atom stereocenters. The highest BCUT2D eigenvalue weighted by Gasteiger charge is 2.25. The SMILES string of the molecule is O=C(Nc1ccccc1)N1CCN(C[C@@H]2CCCN(CCc3ccccc3)C2)CC1. The van der Waals surface area contributed by atoms with Crippen molar-refractivity contribution in [3.63, 3.8) is 0 Å². The Morgan fingerprint density at radius 1 is 0.867 bits per heavy atom. The number of amides is 2. The van der Waals surface area contributed by atoms with Gasteiger partial charge in [0.2, 0.25) is 0 Å². The van der Waals surface area contributed by atoms with E-state index in [1.807, 2.05) is 35.2 Å². The van der Waals surface area contributed by atoms with Gasteiger partial charge >= 0.3 is 6.03 Å². The van der Waals surface area contributed by atoms with Gasteiger partial charge in [-0.05, 0) is 49.4 Å². The zero-order valence-corrected chi connectivity index (χ0v) is 17.9. The highest BCUT2D eigenvalue weighted by Crippen LogP contribution is 2.19. The normalized spacial score (nSPS) is 20.8. The highest BCUT2D eigenvalue weighted by atomic mass is 16.2. The van der Waals surface area contributed by atoms with Gasteiger partial charge < -0.3 is 15.1 Å². The number of benzene rings is 2. The van der Waals surface area contributed by atoms with Crippen molar-refractivity contribution in [2.75, 3.05) is 57.7 Å². The van der Waals surface area contributed by atoms with Gasteiger partial charge in [-0.3, -0.25) is 4.90 Å². The topological polar surface area (TPSA) is 38.8 Å². The first-order valence-electron chi connectivity index (χ1n) is 11.4. The molecule has 0 aliphatic carbocycles. The van der Waals surface area contributed by atoms with Gasteiger partial charge in [0, 0.05) is 51.5 Å². The molecule has 2 fully saturated rings. The number of rotatable bonds is 6. The van der Waals surface area contributed by atoms with Crippen molar-refractivity contribution in [1.29, 1.82) is 0 Å². The largest absolute Gasteiger partial charge is 0.322 e. The molecule has 2 aromatic carbocycles. The van der Waals surface area contributed by atoms with Crippen molar-refractivity contribution >= 4 is 11.7 Å². The molecule has 0 unspecified atom stereocenters. The summed E-state index contributed by atoms with van der Waals surface area (Å²) in [7, 11) is 0. The van der Waals surface area contributed by atoms with Gasteiger partial charge in [0.1, 0.15) is 0 Å². The molecule has 1 N–H and O–H groups in total. The van der Waals surface area contributed by atoms with Gasteiger partial charge in [-0.15, -0.1) is 0 Å². The number of piperidine rings is 1. The Bertz CT molecular complexity index is 774. The van der Waals surface area contributed by atoms with Crippen LogP contribution in [0.25, 0.3) is 0 Å². The van der Waals surface area contributed by atoms with Crippen molar-refractivity contribution in [2.45, 2.75) is 19.3 Å². The van der Waals surface area contributed by atoms with Crippen LogP contribution in [0.5, 0.6) is 0 Å². The second kappa shape index (κ2) is 10.6. The zero-order chi connectivity index (χ0) is 20.6. The number of piperazine rings is 1. The van der Waals surface area contributed by atoms with E-state index >= 15 is 0 Å². The number of hydrogen-bond donors (Lipinski definition) is 1. The van der Waals surface area contributed by atoms with E-state index in [0.29, 0.717) is 0 Å². The van der Waals surface area contributed by atoms with Crippen LogP contribution in [0.3, 0.4) is 0 Å². The van der Waals surface area contributed by atoms with E-state index in [1.54, 1.807) is 0 Å². The van der Waals surface area contributed by atoms with E-state index in [1.165, 1.54) is 31.5 Å². The van der Waals surface area contributed by atoms with Crippen LogP contribution in [0.4, 0.5) is 10.5 Å². The third-order valence-electron chi connectivity index (χ3n) is 6.36. The van der Waals surface area contributed by atoms with E-state index in [4.69, 9.17) is 0 Å². The number of carbonyl (C=O) groups excluding carboxylic acids is 1. The minimum Gasteiger partial charge on any atom is -0.322 e. The van der Waals surface area contributed by atoms with E-state index in [9.17, 15) is 4.79 Å². The molecule has 0 aromatic heterocycles. The summed E-state index contributed by atoms with van der Waals surface area (Å²) in [5, 5.41) is 3.00.